The van der Waals surface area contributed by atoms with E-state index in [0.29, 0.717) is 6.42 Å². The number of carboxylic acid groups (broad SMARTS) is 1. The van der Waals surface area contributed by atoms with Crippen LogP contribution in [0.3, 0.4) is 0 Å². The first-order valence-electron chi connectivity index (χ1n) is 6.53. The van der Waals surface area contributed by atoms with Crippen molar-refractivity contribution in [3.8, 4) is 0 Å². The van der Waals surface area contributed by atoms with Gasteiger partial charge < -0.3 is 10.0 Å². The second-order valence-electron chi connectivity index (χ2n) is 5.27. The van der Waals surface area contributed by atoms with Crippen LogP contribution in [0.1, 0.15) is 46.0 Å². The van der Waals surface area contributed by atoms with Gasteiger partial charge in [-0.25, -0.2) is 0 Å². The molecule has 0 radical (unpaired) electrons. The summed E-state index contributed by atoms with van der Waals surface area (Å²) in [6.45, 7) is 7.89. The lowest BCUT2D eigenvalue weighted by atomic mass is 9.89. The Balaban J connectivity index is 2.22. The Morgan fingerprint density at radius 3 is 2.75 bits per heavy atom. The van der Waals surface area contributed by atoms with Crippen molar-refractivity contribution < 1.29 is 9.90 Å². The number of hydrogen-bond donors (Lipinski definition) is 1. The van der Waals surface area contributed by atoms with Crippen LogP contribution < -0.4 is 0 Å². The van der Waals surface area contributed by atoms with Crippen molar-refractivity contribution in [2.24, 2.45) is 11.8 Å². The van der Waals surface area contributed by atoms with Crippen LogP contribution in [0.2, 0.25) is 0 Å². The van der Waals surface area contributed by atoms with Gasteiger partial charge in [-0.3, -0.25) is 4.79 Å². The Morgan fingerprint density at radius 2 is 2.12 bits per heavy atom. The van der Waals surface area contributed by atoms with Gasteiger partial charge >= 0.3 is 5.97 Å². The fourth-order valence-electron chi connectivity index (χ4n) is 2.53. The van der Waals surface area contributed by atoms with E-state index in [1.165, 1.54) is 19.3 Å². The summed E-state index contributed by atoms with van der Waals surface area (Å²) in [5.41, 5.74) is 0. The number of rotatable bonds is 5. The number of aliphatic carboxylic acids is 1. The Kier molecular flexibility index (Phi) is 5.81. The first kappa shape index (κ1) is 13.5. The van der Waals surface area contributed by atoms with E-state index in [9.17, 15) is 4.79 Å². The zero-order valence-corrected chi connectivity index (χ0v) is 10.6. The third-order valence-electron chi connectivity index (χ3n) is 3.67. The van der Waals surface area contributed by atoms with Crippen molar-refractivity contribution in [2.75, 3.05) is 19.6 Å². The normalized spacial score (nSPS) is 23.3. The molecule has 0 aromatic carbocycles. The lowest BCUT2D eigenvalue weighted by Crippen LogP contribution is -2.26. The molecule has 1 fully saturated rings. The first-order valence-corrected chi connectivity index (χ1v) is 6.53. The van der Waals surface area contributed by atoms with E-state index in [1.807, 2.05) is 0 Å². The molecule has 1 saturated heterocycles. The fourth-order valence-corrected chi connectivity index (χ4v) is 2.53. The number of nitrogens with zero attached hydrogens (tertiary/aromatic N) is 1. The van der Waals surface area contributed by atoms with Crippen molar-refractivity contribution >= 4 is 5.97 Å². The highest BCUT2D eigenvalue weighted by Crippen LogP contribution is 2.24. The molecule has 1 unspecified atom stereocenters. The highest BCUT2D eigenvalue weighted by Gasteiger charge is 2.19. The summed E-state index contributed by atoms with van der Waals surface area (Å²) in [6, 6.07) is 0. The molecule has 1 atom stereocenters. The summed E-state index contributed by atoms with van der Waals surface area (Å²) in [5.74, 6) is 0.985. The molecular formula is C13H25NO2. The molecule has 94 valence electrons. The van der Waals surface area contributed by atoms with Gasteiger partial charge in [0.2, 0.25) is 0 Å². The summed E-state index contributed by atoms with van der Waals surface area (Å²) in [4.78, 5) is 12.9. The maximum atomic E-state index is 10.4. The third kappa shape index (κ3) is 4.97. The molecule has 1 N–H and O–H groups in total. The molecule has 0 aliphatic carbocycles. The molecule has 0 spiro atoms. The average molecular weight is 227 g/mol. The molecule has 0 amide bonds. The summed E-state index contributed by atoms with van der Waals surface area (Å²) in [7, 11) is 0. The Bertz CT molecular complexity index is 216. The maximum absolute atomic E-state index is 10.4. The van der Waals surface area contributed by atoms with Gasteiger partial charge in [-0.2, -0.15) is 0 Å². The van der Waals surface area contributed by atoms with Gasteiger partial charge in [-0.05, 0) is 57.2 Å². The number of carboxylic acids is 1. The minimum absolute atomic E-state index is 0.310. The van der Waals surface area contributed by atoms with Crippen molar-refractivity contribution in [3.05, 3.63) is 0 Å². The van der Waals surface area contributed by atoms with Gasteiger partial charge in [0.25, 0.3) is 0 Å². The lowest BCUT2D eigenvalue weighted by Gasteiger charge is -2.20. The summed E-state index contributed by atoms with van der Waals surface area (Å²) >= 11 is 0. The first-order chi connectivity index (χ1) is 7.59. The second kappa shape index (κ2) is 6.89. The van der Waals surface area contributed by atoms with Gasteiger partial charge in [0.15, 0.2) is 0 Å². The van der Waals surface area contributed by atoms with Gasteiger partial charge in [-0.15, -0.1) is 0 Å². The highest BCUT2D eigenvalue weighted by atomic mass is 16.4. The summed E-state index contributed by atoms with van der Waals surface area (Å²) in [6.07, 6.45) is 5.00. The molecule has 3 nitrogen and oxygen atoms in total. The van der Waals surface area contributed by atoms with Crippen molar-refractivity contribution in [3.63, 3.8) is 0 Å². The van der Waals surface area contributed by atoms with Crippen molar-refractivity contribution in [1.29, 1.82) is 0 Å². The van der Waals surface area contributed by atoms with E-state index in [1.54, 1.807) is 0 Å². The van der Waals surface area contributed by atoms with Gasteiger partial charge in [-0.1, -0.05) is 13.8 Å². The van der Waals surface area contributed by atoms with Crippen LogP contribution in [0.5, 0.6) is 0 Å². The van der Waals surface area contributed by atoms with Gasteiger partial charge in [0.1, 0.15) is 0 Å². The predicted octanol–water partition coefficient (Wildman–Crippen LogP) is 2.61. The van der Waals surface area contributed by atoms with Crippen LogP contribution in [0.4, 0.5) is 0 Å². The smallest absolute Gasteiger partial charge is 0.303 e. The summed E-state index contributed by atoms with van der Waals surface area (Å²) in [5, 5.41) is 8.59. The number of carbonyl (C=O) groups is 1. The van der Waals surface area contributed by atoms with E-state index < -0.39 is 5.97 Å². The second-order valence-corrected chi connectivity index (χ2v) is 5.27. The quantitative estimate of drug-likeness (QED) is 0.785. The molecule has 1 aliphatic rings. The molecule has 1 rings (SSSR count). The fraction of sp³-hybridized carbons (Fsp3) is 0.923. The Hall–Kier alpha value is -0.570. The third-order valence-corrected chi connectivity index (χ3v) is 3.67. The lowest BCUT2D eigenvalue weighted by molar-refractivity contribution is -0.137. The highest BCUT2D eigenvalue weighted by molar-refractivity contribution is 5.66. The molecule has 16 heavy (non-hydrogen) atoms. The van der Waals surface area contributed by atoms with Crippen molar-refractivity contribution in [2.45, 2.75) is 46.0 Å². The SMILES string of the molecule is CC(C)C1CCCN(CCCC(=O)O)CC1. The molecule has 0 aromatic rings. The molecule has 3 heteroatoms. The van der Waals surface area contributed by atoms with Crippen LogP contribution in [-0.4, -0.2) is 35.6 Å². The van der Waals surface area contributed by atoms with Crippen LogP contribution in [0, 0.1) is 11.8 Å². The number of likely N-dealkylation sites (tertiary alicyclic amines) is 1. The van der Waals surface area contributed by atoms with Crippen LogP contribution >= 0.6 is 0 Å². The van der Waals surface area contributed by atoms with E-state index in [2.05, 4.69) is 18.7 Å². The average Bonchev–Trinajstić information content (AvgIpc) is 2.42. The largest absolute Gasteiger partial charge is 0.481 e. The van der Waals surface area contributed by atoms with Gasteiger partial charge in [0, 0.05) is 6.42 Å². The monoisotopic (exact) mass is 227 g/mol. The molecule has 1 aliphatic heterocycles. The number of hydrogen-bond acceptors (Lipinski definition) is 2. The zero-order valence-electron chi connectivity index (χ0n) is 10.6. The minimum Gasteiger partial charge on any atom is -0.481 e. The zero-order chi connectivity index (χ0) is 12.0. The molecule has 0 saturated carbocycles. The predicted molar refractivity (Wildman–Crippen MR) is 65.5 cm³/mol. The van der Waals surface area contributed by atoms with E-state index in [0.717, 1.165) is 37.9 Å². The molecule has 0 aromatic heterocycles. The van der Waals surface area contributed by atoms with E-state index >= 15 is 0 Å². The maximum Gasteiger partial charge on any atom is 0.303 e. The van der Waals surface area contributed by atoms with Crippen molar-refractivity contribution in [1.82, 2.24) is 4.90 Å². The van der Waals surface area contributed by atoms with E-state index in [4.69, 9.17) is 5.11 Å². The van der Waals surface area contributed by atoms with Crippen LogP contribution in [0.15, 0.2) is 0 Å². The molecule has 1 heterocycles. The van der Waals surface area contributed by atoms with E-state index in [-0.39, 0.29) is 0 Å². The molecule has 0 bridgehead atoms. The van der Waals surface area contributed by atoms with Crippen LogP contribution in [-0.2, 0) is 4.79 Å². The summed E-state index contributed by atoms with van der Waals surface area (Å²) < 4.78 is 0. The van der Waals surface area contributed by atoms with Crippen LogP contribution in [0.25, 0.3) is 0 Å². The molecular weight excluding hydrogens is 202 g/mol. The minimum atomic E-state index is -0.671. The van der Waals surface area contributed by atoms with Gasteiger partial charge in [0.05, 0.1) is 0 Å². The Labute approximate surface area is 98.8 Å². The topological polar surface area (TPSA) is 40.5 Å². The standard InChI is InChI=1S/C13H25NO2/c1-11(2)12-5-3-8-14(10-7-12)9-4-6-13(15)16/h11-12H,3-10H2,1-2H3,(H,15,16). The Morgan fingerprint density at radius 1 is 1.38 bits per heavy atom.